The van der Waals surface area contributed by atoms with Crippen molar-refractivity contribution >= 4 is 12.2 Å². The molecule has 0 aliphatic heterocycles. The van der Waals surface area contributed by atoms with E-state index in [4.69, 9.17) is 17.0 Å². The van der Waals surface area contributed by atoms with Crippen LogP contribution in [-0.2, 0) is 11.3 Å². The van der Waals surface area contributed by atoms with Crippen LogP contribution in [0.25, 0.3) is 0 Å². The summed E-state index contributed by atoms with van der Waals surface area (Å²) >= 11 is 5.21. The number of methoxy groups -OCH3 is 1. The summed E-state index contributed by atoms with van der Waals surface area (Å²) in [6.07, 6.45) is 4.70. The van der Waals surface area contributed by atoms with Crippen LogP contribution in [0.5, 0.6) is 0 Å². The molecule has 0 radical (unpaired) electrons. The molecular weight excluding hydrogens is 210 g/mol. The third-order valence-corrected chi connectivity index (χ3v) is 3.02. The number of aromatic nitrogens is 3. The highest BCUT2D eigenvalue weighted by Crippen LogP contribution is 2.38. The summed E-state index contributed by atoms with van der Waals surface area (Å²) in [5.41, 5.74) is 0. The lowest BCUT2D eigenvalue weighted by Crippen LogP contribution is -2.04. The molecule has 0 amide bonds. The Kier molecular flexibility index (Phi) is 3.53. The topological polar surface area (TPSA) is 42.8 Å². The van der Waals surface area contributed by atoms with Crippen molar-refractivity contribution in [3.8, 4) is 0 Å². The van der Waals surface area contributed by atoms with Crippen LogP contribution in [0.4, 0.5) is 0 Å². The predicted octanol–water partition coefficient (Wildman–Crippen LogP) is 2.24. The largest absolute Gasteiger partial charge is 0.385 e. The van der Waals surface area contributed by atoms with Crippen molar-refractivity contribution in [2.45, 2.75) is 38.1 Å². The normalized spacial score (nSPS) is 15.8. The molecule has 1 aliphatic carbocycles. The average molecular weight is 227 g/mol. The standard InChI is InChI=1S/C10H17N3OS/c1-14-7-3-2-6-13-9(8-4-5-8)11-12-10(13)15/h8H,2-7H2,1H3,(H,12,15). The van der Waals surface area contributed by atoms with Crippen molar-refractivity contribution in [1.29, 1.82) is 0 Å². The fraction of sp³-hybridized carbons (Fsp3) is 0.800. The van der Waals surface area contributed by atoms with Gasteiger partial charge < -0.3 is 9.30 Å². The van der Waals surface area contributed by atoms with Crippen LogP contribution in [0.3, 0.4) is 0 Å². The highest BCUT2D eigenvalue weighted by Gasteiger charge is 2.28. The van der Waals surface area contributed by atoms with Crippen LogP contribution in [0, 0.1) is 4.77 Å². The second-order valence-corrected chi connectivity index (χ2v) is 4.40. The third kappa shape index (κ3) is 2.66. The molecule has 1 aromatic rings. The summed E-state index contributed by atoms with van der Waals surface area (Å²) in [6.45, 7) is 1.79. The summed E-state index contributed by atoms with van der Waals surface area (Å²) in [6, 6.07) is 0. The second-order valence-electron chi connectivity index (χ2n) is 4.01. The predicted molar refractivity (Wildman–Crippen MR) is 60.5 cm³/mol. The van der Waals surface area contributed by atoms with E-state index < -0.39 is 0 Å². The molecule has 0 spiro atoms. The number of rotatable bonds is 6. The fourth-order valence-corrected chi connectivity index (χ4v) is 1.95. The minimum absolute atomic E-state index is 0.653. The monoisotopic (exact) mass is 227 g/mol. The van der Waals surface area contributed by atoms with Gasteiger partial charge in [-0.05, 0) is 37.9 Å². The van der Waals surface area contributed by atoms with Crippen molar-refractivity contribution in [3.05, 3.63) is 10.6 Å². The van der Waals surface area contributed by atoms with Crippen LogP contribution < -0.4 is 0 Å². The first-order chi connectivity index (χ1) is 7.33. The second kappa shape index (κ2) is 4.90. The number of aromatic amines is 1. The lowest BCUT2D eigenvalue weighted by atomic mass is 10.3. The number of nitrogens with zero attached hydrogens (tertiary/aromatic N) is 2. The van der Waals surface area contributed by atoms with E-state index in [1.165, 1.54) is 12.8 Å². The van der Waals surface area contributed by atoms with Gasteiger partial charge in [-0.15, -0.1) is 0 Å². The number of hydrogen-bond donors (Lipinski definition) is 1. The Hall–Kier alpha value is -0.680. The van der Waals surface area contributed by atoms with Crippen LogP contribution in [0.2, 0.25) is 0 Å². The Balaban J connectivity index is 1.94. The number of hydrogen-bond acceptors (Lipinski definition) is 3. The molecule has 0 atom stereocenters. The number of H-pyrrole nitrogens is 1. The third-order valence-electron chi connectivity index (χ3n) is 2.71. The van der Waals surface area contributed by atoms with Gasteiger partial charge in [-0.2, -0.15) is 5.10 Å². The van der Waals surface area contributed by atoms with Gasteiger partial charge in [0, 0.05) is 26.2 Å². The first-order valence-electron chi connectivity index (χ1n) is 5.47. The van der Waals surface area contributed by atoms with Crippen molar-refractivity contribution in [3.63, 3.8) is 0 Å². The summed E-state index contributed by atoms with van der Waals surface area (Å²) in [7, 11) is 1.74. The van der Waals surface area contributed by atoms with E-state index in [1.807, 2.05) is 0 Å². The summed E-state index contributed by atoms with van der Waals surface area (Å²) in [4.78, 5) is 0. The molecule has 1 heterocycles. The molecule has 4 nitrogen and oxygen atoms in total. The molecule has 1 saturated carbocycles. The molecule has 1 aliphatic rings. The highest BCUT2D eigenvalue weighted by atomic mass is 32.1. The number of nitrogens with one attached hydrogen (secondary N) is 1. The fourth-order valence-electron chi connectivity index (χ4n) is 1.72. The van der Waals surface area contributed by atoms with Crippen molar-refractivity contribution < 1.29 is 4.74 Å². The molecule has 15 heavy (non-hydrogen) atoms. The average Bonchev–Trinajstić information content (AvgIpc) is 3.00. The number of unbranched alkanes of at least 4 members (excludes halogenated alkanes) is 1. The first kappa shape index (κ1) is 10.8. The number of ether oxygens (including phenoxy) is 1. The lowest BCUT2D eigenvalue weighted by Gasteiger charge is -2.05. The molecule has 2 rings (SSSR count). The van der Waals surface area contributed by atoms with Gasteiger partial charge in [0.1, 0.15) is 5.82 Å². The van der Waals surface area contributed by atoms with Gasteiger partial charge in [-0.25, -0.2) is 0 Å². The zero-order valence-electron chi connectivity index (χ0n) is 9.03. The van der Waals surface area contributed by atoms with Gasteiger partial charge >= 0.3 is 0 Å². The van der Waals surface area contributed by atoms with Gasteiger partial charge in [-0.3, -0.25) is 5.10 Å². The van der Waals surface area contributed by atoms with Gasteiger partial charge in [0.2, 0.25) is 0 Å². The van der Waals surface area contributed by atoms with E-state index in [1.54, 1.807) is 7.11 Å². The summed E-state index contributed by atoms with van der Waals surface area (Å²) in [5, 5.41) is 7.18. The van der Waals surface area contributed by atoms with Gasteiger partial charge in [0.15, 0.2) is 4.77 Å². The Morgan fingerprint density at radius 3 is 3.00 bits per heavy atom. The first-order valence-corrected chi connectivity index (χ1v) is 5.88. The lowest BCUT2D eigenvalue weighted by molar-refractivity contribution is 0.191. The molecule has 84 valence electrons. The van der Waals surface area contributed by atoms with E-state index in [0.29, 0.717) is 5.92 Å². The molecule has 1 fully saturated rings. The van der Waals surface area contributed by atoms with E-state index >= 15 is 0 Å². The van der Waals surface area contributed by atoms with Crippen LogP contribution >= 0.6 is 12.2 Å². The minimum atomic E-state index is 0.653. The Bertz CT molecular complexity index is 367. The van der Waals surface area contributed by atoms with Crippen molar-refractivity contribution in [2.24, 2.45) is 0 Å². The molecule has 0 saturated heterocycles. The van der Waals surface area contributed by atoms with E-state index in [2.05, 4.69) is 14.8 Å². The van der Waals surface area contributed by atoms with E-state index in [-0.39, 0.29) is 0 Å². The summed E-state index contributed by atoms with van der Waals surface area (Å²) < 4.78 is 7.92. The molecule has 1 N–H and O–H groups in total. The maximum atomic E-state index is 5.21. The minimum Gasteiger partial charge on any atom is -0.385 e. The van der Waals surface area contributed by atoms with Gasteiger partial charge in [0.25, 0.3) is 0 Å². The Morgan fingerprint density at radius 2 is 2.33 bits per heavy atom. The molecule has 1 aromatic heterocycles. The van der Waals surface area contributed by atoms with Crippen molar-refractivity contribution in [2.75, 3.05) is 13.7 Å². The molecule has 0 bridgehead atoms. The Morgan fingerprint density at radius 1 is 1.53 bits per heavy atom. The molecule has 0 aromatic carbocycles. The van der Waals surface area contributed by atoms with Crippen LogP contribution in [0.1, 0.15) is 37.4 Å². The molecule has 0 unspecified atom stereocenters. The highest BCUT2D eigenvalue weighted by molar-refractivity contribution is 7.71. The smallest absolute Gasteiger partial charge is 0.195 e. The van der Waals surface area contributed by atoms with Crippen LogP contribution in [-0.4, -0.2) is 28.5 Å². The van der Waals surface area contributed by atoms with Crippen molar-refractivity contribution in [1.82, 2.24) is 14.8 Å². The van der Waals surface area contributed by atoms with Crippen LogP contribution in [0.15, 0.2) is 0 Å². The Labute approximate surface area is 94.6 Å². The zero-order valence-corrected chi connectivity index (χ0v) is 9.85. The quantitative estimate of drug-likeness (QED) is 0.598. The van der Waals surface area contributed by atoms with Gasteiger partial charge in [0.05, 0.1) is 0 Å². The zero-order chi connectivity index (χ0) is 10.7. The summed E-state index contributed by atoms with van der Waals surface area (Å²) in [5.74, 6) is 1.80. The van der Waals surface area contributed by atoms with Gasteiger partial charge in [-0.1, -0.05) is 0 Å². The maximum Gasteiger partial charge on any atom is 0.195 e. The molecular formula is C10H17N3OS. The van der Waals surface area contributed by atoms with E-state index in [0.717, 1.165) is 36.6 Å². The SMILES string of the molecule is COCCCCn1c(C2CC2)n[nH]c1=S. The maximum absolute atomic E-state index is 5.21. The molecule has 5 heteroatoms. The van der Waals surface area contributed by atoms with E-state index in [9.17, 15) is 0 Å².